The number of nitrogens with zero attached hydrogens (tertiary/aromatic N) is 4. The van der Waals surface area contributed by atoms with Crippen LogP contribution >= 0.6 is 0 Å². The predicted octanol–water partition coefficient (Wildman–Crippen LogP) is 2.35. The number of hydrogen-bond donors (Lipinski definition) is 0. The van der Waals surface area contributed by atoms with Gasteiger partial charge in [-0.1, -0.05) is 18.2 Å². The SMILES string of the molecule is COc1ccccc1C1CC(=O)c2cnc3nc(C)nn3c2C1. The van der Waals surface area contributed by atoms with Gasteiger partial charge in [0.2, 0.25) is 0 Å². The van der Waals surface area contributed by atoms with Crippen LogP contribution in [0, 0.1) is 6.92 Å². The number of aryl methyl sites for hydroxylation is 1. The molecule has 1 aromatic carbocycles. The quantitative estimate of drug-likeness (QED) is 0.727. The highest BCUT2D eigenvalue weighted by atomic mass is 16.5. The molecule has 0 spiro atoms. The standard InChI is InChI=1S/C17H16N4O2/c1-10-19-17-18-9-13-14(21(17)20-10)7-11(8-15(13)22)12-5-3-4-6-16(12)23-2/h3-6,9,11H,7-8H2,1-2H3. The van der Waals surface area contributed by atoms with Crippen LogP contribution in [0.1, 0.15) is 39.8 Å². The first-order chi connectivity index (χ1) is 11.2. The third kappa shape index (κ3) is 2.18. The molecule has 0 fully saturated rings. The van der Waals surface area contributed by atoms with Crippen LogP contribution in [0.25, 0.3) is 5.78 Å². The van der Waals surface area contributed by atoms with E-state index in [-0.39, 0.29) is 11.7 Å². The topological polar surface area (TPSA) is 69.4 Å². The number of para-hydroxylation sites is 1. The van der Waals surface area contributed by atoms with Gasteiger partial charge in [-0.05, 0) is 25.0 Å². The molecule has 6 heteroatoms. The molecule has 0 radical (unpaired) electrons. The van der Waals surface area contributed by atoms with E-state index in [0.717, 1.165) is 17.0 Å². The fraction of sp³-hybridized carbons (Fsp3) is 0.294. The van der Waals surface area contributed by atoms with Gasteiger partial charge in [-0.3, -0.25) is 4.79 Å². The fourth-order valence-corrected chi connectivity index (χ4v) is 3.27. The summed E-state index contributed by atoms with van der Waals surface area (Å²) in [6, 6.07) is 7.85. The zero-order chi connectivity index (χ0) is 16.0. The number of aromatic nitrogens is 4. The van der Waals surface area contributed by atoms with Crippen molar-refractivity contribution >= 4 is 11.6 Å². The van der Waals surface area contributed by atoms with E-state index < -0.39 is 0 Å². The van der Waals surface area contributed by atoms with Gasteiger partial charge < -0.3 is 4.74 Å². The highest BCUT2D eigenvalue weighted by molar-refractivity contribution is 5.98. The van der Waals surface area contributed by atoms with Crippen molar-refractivity contribution in [3.05, 3.63) is 53.1 Å². The third-order valence-electron chi connectivity index (χ3n) is 4.32. The van der Waals surface area contributed by atoms with Gasteiger partial charge in [0, 0.05) is 18.5 Å². The lowest BCUT2D eigenvalue weighted by atomic mass is 9.82. The summed E-state index contributed by atoms with van der Waals surface area (Å²) in [6.07, 6.45) is 2.79. The molecular weight excluding hydrogens is 292 g/mol. The van der Waals surface area contributed by atoms with Crippen molar-refractivity contribution in [3.63, 3.8) is 0 Å². The minimum absolute atomic E-state index is 0.0706. The molecule has 6 nitrogen and oxygen atoms in total. The van der Waals surface area contributed by atoms with Crippen LogP contribution in [0.3, 0.4) is 0 Å². The molecule has 2 aromatic heterocycles. The number of rotatable bonds is 2. The fourth-order valence-electron chi connectivity index (χ4n) is 3.27. The van der Waals surface area contributed by atoms with Gasteiger partial charge >= 0.3 is 0 Å². The van der Waals surface area contributed by atoms with Crippen LogP contribution in [-0.2, 0) is 6.42 Å². The molecule has 0 aliphatic heterocycles. The maximum absolute atomic E-state index is 12.6. The van der Waals surface area contributed by atoms with Crippen LogP contribution in [-0.4, -0.2) is 32.5 Å². The van der Waals surface area contributed by atoms with Crippen molar-refractivity contribution in [3.8, 4) is 5.75 Å². The van der Waals surface area contributed by atoms with Crippen LogP contribution < -0.4 is 4.74 Å². The Morgan fingerprint density at radius 2 is 2.09 bits per heavy atom. The summed E-state index contributed by atoms with van der Waals surface area (Å²) < 4.78 is 7.15. The van der Waals surface area contributed by atoms with E-state index in [0.29, 0.717) is 30.0 Å². The van der Waals surface area contributed by atoms with Gasteiger partial charge in [0.05, 0.1) is 18.4 Å². The molecule has 1 aliphatic carbocycles. The number of ether oxygens (including phenoxy) is 1. The maximum atomic E-state index is 12.6. The molecule has 1 aliphatic rings. The molecule has 1 atom stereocenters. The normalized spacial score (nSPS) is 17.3. The van der Waals surface area contributed by atoms with Crippen molar-refractivity contribution < 1.29 is 9.53 Å². The van der Waals surface area contributed by atoms with Crippen LogP contribution in [0.15, 0.2) is 30.5 Å². The van der Waals surface area contributed by atoms with E-state index in [1.54, 1.807) is 17.8 Å². The second kappa shape index (κ2) is 5.15. The summed E-state index contributed by atoms with van der Waals surface area (Å²) in [5, 5.41) is 4.39. The van der Waals surface area contributed by atoms with E-state index in [1.165, 1.54) is 0 Å². The van der Waals surface area contributed by atoms with Crippen molar-refractivity contribution in [1.29, 1.82) is 0 Å². The summed E-state index contributed by atoms with van der Waals surface area (Å²) in [5.41, 5.74) is 2.58. The lowest BCUT2D eigenvalue weighted by Crippen LogP contribution is -2.22. The number of methoxy groups -OCH3 is 1. The Labute approximate surface area is 133 Å². The molecule has 23 heavy (non-hydrogen) atoms. The number of fused-ring (bicyclic) bond motifs is 3. The number of Topliss-reactive ketones (excluding diaryl/α,β-unsaturated/α-hetero) is 1. The molecule has 1 unspecified atom stereocenters. The van der Waals surface area contributed by atoms with E-state index in [2.05, 4.69) is 15.1 Å². The highest BCUT2D eigenvalue weighted by Crippen LogP contribution is 2.36. The highest BCUT2D eigenvalue weighted by Gasteiger charge is 2.30. The van der Waals surface area contributed by atoms with Gasteiger partial charge in [-0.2, -0.15) is 10.1 Å². The Bertz CT molecular complexity index is 916. The molecule has 2 heterocycles. The van der Waals surface area contributed by atoms with E-state index in [4.69, 9.17) is 4.74 Å². The molecule has 0 bridgehead atoms. The summed E-state index contributed by atoms with van der Waals surface area (Å²) in [7, 11) is 1.65. The Hall–Kier alpha value is -2.76. The zero-order valence-corrected chi connectivity index (χ0v) is 13.0. The Morgan fingerprint density at radius 1 is 1.26 bits per heavy atom. The second-order valence-corrected chi connectivity index (χ2v) is 5.76. The van der Waals surface area contributed by atoms with Gasteiger partial charge in [-0.25, -0.2) is 9.50 Å². The summed E-state index contributed by atoms with van der Waals surface area (Å²) in [5.74, 6) is 2.16. The van der Waals surface area contributed by atoms with E-state index >= 15 is 0 Å². The Kier molecular flexibility index (Phi) is 3.11. The first-order valence-corrected chi connectivity index (χ1v) is 7.54. The van der Waals surface area contributed by atoms with E-state index in [9.17, 15) is 4.79 Å². The number of hydrogen-bond acceptors (Lipinski definition) is 5. The smallest absolute Gasteiger partial charge is 0.252 e. The largest absolute Gasteiger partial charge is 0.496 e. The molecular formula is C17H16N4O2. The van der Waals surface area contributed by atoms with Crippen molar-refractivity contribution in [1.82, 2.24) is 19.6 Å². The molecule has 0 saturated carbocycles. The van der Waals surface area contributed by atoms with Gasteiger partial charge in [0.25, 0.3) is 5.78 Å². The van der Waals surface area contributed by atoms with Crippen molar-refractivity contribution in [2.75, 3.05) is 7.11 Å². The summed E-state index contributed by atoms with van der Waals surface area (Å²) in [6.45, 7) is 1.82. The maximum Gasteiger partial charge on any atom is 0.252 e. The van der Waals surface area contributed by atoms with Gasteiger partial charge in [0.15, 0.2) is 5.78 Å². The number of carbonyl (C=O) groups is 1. The summed E-state index contributed by atoms with van der Waals surface area (Å²) in [4.78, 5) is 21.1. The van der Waals surface area contributed by atoms with Crippen LogP contribution in [0.5, 0.6) is 5.75 Å². The average molecular weight is 308 g/mol. The third-order valence-corrected chi connectivity index (χ3v) is 4.32. The van der Waals surface area contributed by atoms with Crippen LogP contribution in [0.4, 0.5) is 0 Å². The second-order valence-electron chi connectivity index (χ2n) is 5.76. The van der Waals surface area contributed by atoms with Gasteiger partial charge in [0.1, 0.15) is 11.6 Å². The molecule has 0 N–H and O–H groups in total. The number of ketones is 1. The molecule has 0 amide bonds. The monoisotopic (exact) mass is 308 g/mol. The molecule has 3 aromatic rings. The number of carbonyl (C=O) groups excluding carboxylic acids is 1. The first kappa shape index (κ1) is 13.9. The van der Waals surface area contributed by atoms with Crippen molar-refractivity contribution in [2.45, 2.75) is 25.7 Å². The van der Waals surface area contributed by atoms with Gasteiger partial charge in [-0.15, -0.1) is 0 Å². The predicted molar refractivity (Wildman–Crippen MR) is 83.9 cm³/mol. The van der Waals surface area contributed by atoms with Crippen LogP contribution in [0.2, 0.25) is 0 Å². The average Bonchev–Trinajstić information content (AvgIpc) is 2.95. The Morgan fingerprint density at radius 3 is 2.91 bits per heavy atom. The number of benzene rings is 1. The van der Waals surface area contributed by atoms with E-state index in [1.807, 2.05) is 31.2 Å². The molecule has 4 rings (SSSR count). The Balaban J connectivity index is 1.85. The lowest BCUT2D eigenvalue weighted by molar-refractivity contribution is 0.0961. The van der Waals surface area contributed by atoms with Crippen molar-refractivity contribution in [2.24, 2.45) is 0 Å². The minimum atomic E-state index is 0.0706. The molecule has 0 saturated heterocycles. The lowest BCUT2D eigenvalue weighted by Gasteiger charge is -2.25. The summed E-state index contributed by atoms with van der Waals surface area (Å²) >= 11 is 0. The zero-order valence-electron chi connectivity index (χ0n) is 13.0. The molecule has 116 valence electrons. The minimum Gasteiger partial charge on any atom is -0.496 e. The first-order valence-electron chi connectivity index (χ1n) is 7.54.